The van der Waals surface area contributed by atoms with Crippen LogP contribution in [-0.4, -0.2) is 53.1 Å². The largest absolute Gasteiger partial charge is 0.481 e. The molecule has 2 heterocycles. The number of carbonyl (C=O) groups is 2. The van der Waals surface area contributed by atoms with Crippen molar-refractivity contribution >= 4 is 12.0 Å². The lowest BCUT2D eigenvalue weighted by atomic mass is 9.97. The van der Waals surface area contributed by atoms with E-state index < -0.39 is 5.97 Å². The molecule has 1 fully saturated rings. The van der Waals surface area contributed by atoms with Gasteiger partial charge in [0.05, 0.1) is 6.42 Å². The molecule has 0 atom stereocenters. The van der Waals surface area contributed by atoms with Gasteiger partial charge < -0.3 is 14.9 Å². The molecule has 2 amide bonds. The third-order valence-electron chi connectivity index (χ3n) is 3.29. The van der Waals surface area contributed by atoms with E-state index in [1.165, 1.54) is 5.57 Å². The van der Waals surface area contributed by atoms with Crippen molar-refractivity contribution in [2.75, 3.05) is 26.2 Å². The summed E-state index contributed by atoms with van der Waals surface area (Å²) in [7, 11) is 0. The molecule has 2 aliphatic rings. The lowest BCUT2D eigenvalue weighted by molar-refractivity contribution is -0.139. The number of urea groups is 1. The number of hydrogen-bond donors (Lipinski definition) is 1. The molecule has 5 nitrogen and oxygen atoms in total. The quantitative estimate of drug-likeness (QED) is 0.734. The molecular formula is C12H18N2O3. The van der Waals surface area contributed by atoms with E-state index in [1.807, 2.05) is 11.8 Å². The molecule has 0 aromatic carbocycles. The average Bonchev–Trinajstić information content (AvgIpc) is 2.21. The van der Waals surface area contributed by atoms with Gasteiger partial charge in [-0.1, -0.05) is 11.6 Å². The zero-order chi connectivity index (χ0) is 12.4. The summed E-state index contributed by atoms with van der Waals surface area (Å²) in [5.41, 5.74) is 1.23. The number of nitrogens with zero attached hydrogens (tertiary/aromatic N) is 2. The normalized spacial score (nSPS) is 20.9. The van der Waals surface area contributed by atoms with E-state index in [0.717, 1.165) is 13.0 Å². The number of amides is 2. The SMILES string of the molecule is CC1=CCCN(C(=O)N2CC(CC(=O)O)C2)C1. The zero-order valence-electron chi connectivity index (χ0n) is 10.1. The maximum Gasteiger partial charge on any atom is 0.320 e. The van der Waals surface area contributed by atoms with Gasteiger partial charge in [0.2, 0.25) is 0 Å². The summed E-state index contributed by atoms with van der Waals surface area (Å²) < 4.78 is 0. The minimum Gasteiger partial charge on any atom is -0.481 e. The molecule has 0 aliphatic carbocycles. The van der Waals surface area contributed by atoms with Gasteiger partial charge in [-0.15, -0.1) is 0 Å². The van der Waals surface area contributed by atoms with Crippen molar-refractivity contribution in [3.05, 3.63) is 11.6 Å². The van der Waals surface area contributed by atoms with Gasteiger partial charge in [0.1, 0.15) is 0 Å². The van der Waals surface area contributed by atoms with Crippen LogP contribution in [0.3, 0.4) is 0 Å². The van der Waals surface area contributed by atoms with Crippen LogP contribution in [0.5, 0.6) is 0 Å². The Morgan fingerprint density at radius 3 is 2.71 bits per heavy atom. The third-order valence-corrected chi connectivity index (χ3v) is 3.29. The highest BCUT2D eigenvalue weighted by Gasteiger charge is 2.34. The molecule has 1 N–H and O–H groups in total. The van der Waals surface area contributed by atoms with Gasteiger partial charge in [0.25, 0.3) is 0 Å². The molecule has 94 valence electrons. The molecule has 0 aromatic heterocycles. The molecule has 1 saturated heterocycles. The molecule has 0 spiro atoms. The van der Waals surface area contributed by atoms with Crippen LogP contribution >= 0.6 is 0 Å². The number of rotatable bonds is 2. The van der Waals surface area contributed by atoms with Gasteiger partial charge in [-0.3, -0.25) is 4.79 Å². The molecular weight excluding hydrogens is 220 g/mol. The van der Waals surface area contributed by atoms with Gasteiger partial charge in [-0.25, -0.2) is 4.79 Å². The third kappa shape index (κ3) is 2.78. The maximum absolute atomic E-state index is 12.0. The van der Waals surface area contributed by atoms with E-state index in [1.54, 1.807) is 4.90 Å². The van der Waals surface area contributed by atoms with Gasteiger partial charge in [-0.05, 0) is 13.3 Å². The summed E-state index contributed by atoms with van der Waals surface area (Å²) in [6.07, 6.45) is 3.25. The van der Waals surface area contributed by atoms with Crippen LogP contribution in [0, 0.1) is 5.92 Å². The fraction of sp³-hybridized carbons (Fsp3) is 0.667. The summed E-state index contributed by atoms with van der Waals surface area (Å²) >= 11 is 0. The van der Waals surface area contributed by atoms with Gasteiger partial charge in [-0.2, -0.15) is 0 Å². The van der Waals surface area contributed by atoms with E-state index in [2.05, 4.69) is 6.08 Å². The van der Waals surface area contributed by atoms with Gasteiger partial charge in [0.15, 0.2) is 0 Å². The van der Waals surface area contributed by atoms with Crippen LogP contribution < -0.4 is 0 Å². The Labute approximate surface area is 101 Å². The predicted octanol–water partition coefficient (Wildman–Crippen LogP) is 1.16. The highest BCUT2D eigenvalue weighted by Crippen LogP contribution is 2.22. The molecule has 0 radical (unpaired) electrons. The number of carboxylic acids is 1. The van der Waals surface area contributed by atoms with Crippen molar-refractivity contribution < 1.29 is 14.7 Å². The lowest BCUT2D eigenvalue weighted by Crippen LogP contribution is -2.56. The molecule has 2 rings (SSSR count). The number of hydrogen-bond acceptors (Lipinski definition) is 2. The van der Waals surface area contributed by atoms with Crippen LogP contribution in [0.2, 0.25) is 0 Å². The van der Waals surface area contributed by atoms with Crippen molar-refractivity contribution in [3.63, 3.8) is 0 Å². The highest BCUT2D eigenvalue weighted by molar-refractivity contribution is 5.76. The summed E-state index contributed by atoms with van der Waals surface area (Å²) in [4.78, 5) is 26.1. The fourth-order valence-electron chi connectivity index (χ4n) is 2.38. The standard InChI is InChI=1S/C12H18N2O3/c1-9-3-2-4-13(6-9)12(17)14-7-10(8-14)5-11(15)16/h3,10H,2,4-8H2,1H3,(H,15,16). The summed E-state index contributed by atoms with van der Waals surface area (Å²) in [6.45, 7) is 4.69. The zero-order valence-corrected chi connectivity index (χ0v) is 10.1. The summed E-state index contributed by atoms with van der Waals surface area (Å²) in [5.74, 6) is -0.642. The van der Waals surface area contributed by atoms with Gasteiger partial charge >= 0.3 is 12.0 Å². The van der Waals surface area contributed by atoms with Gasteiger partial charge in [0, 0.05) is 32.1 Å². The van der Waals surface area contributed by atoms with Crippen LogP contribution in [0.15, 0.2) is 11.6 Å². The second kappa shape index (κ2) is 4.77. The van der Waals surface area contributed by atoms with E-state index in [-0.39, 0.29) is 18.4 Å². The Kier molecular flexibility index (Phi) is 3.36. The molecule has 2 aliphatic heterocycles. The van der Waals surface area contributed by atoms with Crippen molar-refractivity contribution in [3.8, 4) is 0 Å². The highest BCUT2D eigenvalue weighted by atomic mass is 16.4. The smallest absolute Gasteiger partial charge is 0.320 e. The average molecular weight is 238 g/mol. The van der Waals surface area contributed by atoms with E-state index in [9.17, 15) is 9.59 Å². The maximum atomic E-state index is 12.0. The summed E-state index contributed by atoms with van der Waals surface area (Å²) in [6, 6.07) is 0.0547. The Morgan fingerprint density at radius 1 is 1.41 bits per heavy atom. The minimum atomic E-state index is -0.779. The van der Waals surface area contributed by atoms with E-state index in [4.69, 9.17) is 5.11 Å². The Bertz CT molecular complexity index is 359. The topological polar surface area (TPSA) is 60.9 Å². The van der Waals surface area contributed by atoms with Crippen molar-refractivity contribution in [2.24, 2.45) is 5.92 Å². The molecule has 0 unspecified atom stereocenters. The van der Waals surface area contributed by atoms with Crippen LogP contribution in [0.4, 0.5) is 4.79 Å². The van der Waals surface area contributed by atoms with E-state index in [0.29, 0.717) is 19.6 Å². The summed E-state index contributed by atoms with van der Waals surface area (Å²) in [5, 5.41) is 8.64. The Hall–Kier alpha value is -1.52. The van der Waals surface area contributed by atoms with Crippen molar-refractivity contribution in [1.29, 1.82) is 0 Å². The van der Waals surface area contributed by atoms with Crippen LogP contribution in [-0.2, 0) is 4.79 Å². The Balaban J connectivity index is 1.79. The van der Waals surface area contributed by atoms with Crippen LogP contribution in [0.1, 0.15) is 19.8 Å². The Morgan fingerprint density at radius 2 is 2.12 bits per heavy atom. The molecule has 0 saturated carbocycles. The minimum absolute atomic E-state index is 0.0547. The predicted molar refractivity (Wildman–Crippen MR) is 62.7 cm³/mol. The van der Waals surface area contributed by atoms with Crippen molar-refractivity contribution in [1.82, 2.24) is 9.80 Å². The molecule has 5 heteroatoms. The number of carbonyl (C=O) groups excluding carboxylic acids is 1. The van der Waals surface area contributed by atoms with Crippen molar-refractivity contribution in [2.45, 2.75) is 19.8 Å². The first-order valence-electron chi connectivity index (χ1n) is 5.97. The van der Waals surface area contributed by atoms with E-state index >= 15 is 0 Å². The number of aliphatic carboxylic acids is 1. The second-order valence-electron chi connectivity index (χ2n) is 4.91. The number of carboxylic acid groups (broad SMARTS) is 1. The first-order valence-corrected chi connectivity index (χ1v) is 5.97. The molecule has 0 aromatic rings. The first-order chi connectivity index (χ1) is 8.06. The second-order valence-corrected chi connectivity index (χ2v) is 4.91. The fourth-order valence-corrected chi connectivity index (χ4v) is 2.38. The lowest BCUT2D eigenvalue weighted by Gasteiger charge is -2.42. The first kappa shape index (κ1) is 12.0. The van der Waals surface area contributed by atoms with Crippen LogP contribution in [0.25, 0.3) is 0 Å². The number of likely N-dealkylation sites (tertiary alicyclic amines) is 1. The molecule has 17 heavy (non-hydrogen) atoms. The monoisotopic (exact) mass is 238 g/mol. The molecule has 0 bridgehead atoms.